The first-order valence-corrected chi connectivity index (χ1v) is 15.0. The van der Waals surface area contributed by atoms with Crippen molar-refractivity contribution < 1.29 is 24.2 Å². The number of aliphatic hydroxyl groups is 1. The lowest BCUT2D eigenvalue weighted by Gasteiger charge is -2.30. The number of carbonyl (C=O) groups excluding carboxylic acids is 3. The highest BCUT2D eigenvalue weighted by Crippen LogP contribution is 2.27. The largest absolute Gasteiger partial charge is 0.444 e. The Balaban J connectivity index is 1.86. The highest BCUT2D eigenvalue weighted by atomic mass is 32.1. The van der Waals surface area contributed by atoms with Gasteiger partial charge in [0.2, 0.25) is 5.91 Å². The van der Waals surface area contributed by atoms with Crippen molar-refractivity contribution in [3.05, 3.63) is 87.9 Å². The zero-order chi connectivity index (χ0) is 30.9. The van der Waals surface area contributed by atoms with Gasteiger partial charge in [0.05, 0.1) is 18.2 Å². The van der Waals surface area contributed by atoms with Crippen LogP contribution in [0.1, 0.15) is 73.7 Å². The number of nitrogens with one attached hydrogen (secondary N) is 2. The second-order valence-electron chi connectivity index (χ2n) is 11.8. The average molecular weight is 595 g/mol. The van der Waals surface area contributed by atoms with Crippen molar-refractivity contribution in [1.82, 2.24) is 15.6 Å². The third-order valence-corrected chi connectivity index (χ3v) is 7.62. The number of rotatable bonds is 13. The van der Waals surface area contributed by atoms with Gasteiger partial charge in [0.15, 0.2) is 0 Å². The van der Waals surface area contributed by atoms with E-state index in [0.29, 0.717) is 17.8 Å². The van der Waals surface area contributed by atoms with Crippen molar-refractivity contribution in [3.63, 3.8) is 0 Å². The fourth-order valence-electron chi connectivity index (χ4n) is 4.58. The molecule has 3 aromatic rings. The summed E-state index contributed by atoms with van der Waals surface area (Å²) in [4.78, 5) is 42.6. The topological polar surface area (TPSA) is 144 Å². The molecule has 0 spiro atoms. The first kappa shape index (κ1) is 32.8. The van der Waals surface area contributed by atoms with Gasteiger partial charge in [0.25, 0.3) is 5.91 Å². The maximum Gasteiger partial charge on any atom is 0.407 e. The van der Waals surface area contributed by atoms with Crippen LogP contribution in [0.15, 0.2) is 66.0 Å². The van der Waals surface area contributed by atoms with E-state index in [2.05, 4.69) is 15.6 Å². The normalized spacial score (nSPS) is 14.5. The Morgan fingerprint density at radius 1 is 0.952 bits per heavy atom. The van der Waals surface area contributed by atoms with E-state index in [-0.39, 0.29) is 23.9 Å². The summed E-state index contributed by atoms with van der Waals surface area (Å²) < 4.78 is 5.47. The summed E-state index contributed by atoms with van der Waals surface area (Å²) in [5.74, 6) is -1.54. The Hall–Kier alpha value is -3.76. The summed E-state index contributed by atoms with van der Waals surface area (Å²) in [7, 11) is 0. The summed E-state index contributed by atoms with van der Waals surface area (Å²) in [5.41, 5.74) is 6.71. The summed E-state index contributed by atoms with van der Waals surface area (Å²) in [6, 6.07) is 18.0. The second kappa shape index (κ2) is 14.9. The van der Waals surface area contributed by atoms with Gasteiger partial charge in [0.1, 0.15) is 16.3 Å². The minimum atomic E-state index is -1.06. The van der Waals surface area contributed by atoms with Gasteiger partial charge in [0, 0.05) is 11.3 Å². The van der Waals surface area contributed by atoms with Gasteiger partial charge in [-0.05, 0) is 57.1 Å². The lowest BCUT2D eigenvalue weighted by Crippen LogP contribution is -2.48. The van der Waals surface area contributed by atoms with Crippen molar-refractivity contribution in [2.75, 3.05) is 0 Å². The molecular weight excluding hydrogens is 552 g/mol. The number of ether oxygens (including phenoxy) is 1. The molecular formula is C32H42N4O5S. The molecule has 1 aromatic heterocycles. The molecule has 0 aliphatic rings. The maximum atomic E-state index is 13.9. The highest BCUT2D eigenvalue weighted by Gasteiger charge is 2.32. The van der Waals surface area contributed by atoms with Crippen LogP contribution in [-0.2, 0) is 22.4 Å². The lowest BCUT2D eigenvalue weighted by atomic mass is 9.88. The number of thiazole rings is 1. The summed E-state index contributed by atoms with van der Waals surface area (Å²) in [5, 5.41) is 19.6. The Labute approximate surface area is 251 Å². The molecule has 0 fully saturated rings. The number of nitrogens with two attached hydrogens (primary N) is 1. The molecule has 0 saturated heterocycles. The summed E-state index contributed by atoms with van der Waals surface area (Å²) in [6.07, 6.45) is -0.881. The second-order valence-corrected chi connectivity index (χ2v) is 12.7. The molecule has 0 bridgehead atoms. The number of carbonyl (C=O) groups is 3. The molecule has 2 aromatic carbocycles. The van der Waals surface area contributed by atoms with Crippen LogP contribution in [0.2, 0.25) is 0 Å². The molecule has 0 radical (unpaired) electrons. The van der Waals surface area contributed by atoms with Crippen LogP contribution in [-0.4, -0.2) is 45.7 Å². The number of hydrogen-bond donors (Lipinski definition) is 4. The third kappa shape index (κ3) is 10.3. The molecule has 0 saturated carbocycles. The molecule has 42 heavy (non-hydrogen) atoms. The molecule has 10 heteroatoms. The van der Waals surface area contributed by atoms with E-state index in [1.165, 1.54) is 11.3 Å². The Morgan fingerprint density at radius 2 is 1.52 bits per heavy atom. The number of primary amides is 1. The lowest BCUT2D eigenvalue weighted by molar-refractivity contribution is -0.127. The van der Waals surface area contributed by atoms with Crippen molar-refractivity contribution in [2.45, 2.75) is 77.7 Å². The molecule has 0 aliphatic heterocycles. The predicted octanol–water partition coefficient (Wildman–Crippen LogP) is 4.80. The van der Waals surface area contributed by atoms with E-state index in [1.807, 2.05) is 74.5 Å². The van der Waals surface area contributed by atoms with Crippen LogP contribution < -0.4 is 16.4 Å². The van der Waals surface area contributed by atoms with Crippen LogP contribution in [0.25, 0.3) is 0 Å². The van der Waals surface area contributed by atoms with E-state index in [9.17, 15) is 19.5 Å². The fraction of sp³-hybridized carbons (Fsp3) is 0.438. The Morgan fingerprint density at radius 3 is 2.02 bits per heavy atom. The molecule has 5 N–H and O–H groups in total. The number of aliphatic hydroxyl groups excluding tert-OH is 1. The van der Waals surface area contributed by atoms with Crippen molar-refractivity contribution in [1.29, 1.82) is 0 Å². The van der Waals surface area contributed by atoms with E-state index in [1.54, 1.807) is 26.2 Å². The zero-order valence-corrected chi connectivity index (χ0v) is 25.7. The molecule has 9 nitrogen and oxygen atoms in total. The maximum absolute atomic E-state index is 13.9. The van der Waals surface area contributed by atoms with Crippen molar-refractivity contribution >= 4 is 29.2 Å². The standard InChI is InChI=1S/C32H42N4O5S/c1-20(2)27(30-34-25(19-42-30)28(33)38)36-29(39)23(16-21-12-8-6-9-13-21)18-26(37)24(17-22-14-10-7-11-15-22)35-31(40)41-32(3,4)5/h6-15,19-20,23-24,26-27,37H,16-18H2,1-5H3,(H2,33,38)(H,35,40)(H,36,39)/t23-,24+,26+,27+/m1/s1. The van der Waals surface area contributed by atoms with E-state index < -0.39 is 41.7 Å². The van der Waals surface area contributed by atoms with Crippen LogP contribution in [0.5, 0.6) is 0 Å². The predicted molar refractivity (Wildman–Crippen MR) is 164 cm³/mol. The van der Waals surface area contributed by atoms with E-state index >= 15 is 0 Å². The molecule has 4 atom stereocenters. The van der Waals surface area contributed by atoms with E-state index in [4.69, 9.17) is 10.5 Å². The number of hydrogen-bond acceptors (Lipinski definition) is 7. The molecule has 0 aliphatic carbocycles. The SMILES string of the molecule is CC(C)[C@H](NC(=O)[C@H](Cc1ccccc1)C[C@H](O)[C@H](Cc1ccccc1)NC(=O)OC(C)(C)C)c1nc(C(N)=O)cs1. The first-order valence-electron chi connectivity index (χ1n) is 14.1. The summed E-state index contributed by atoms with van der Waals surface area (Å²) >= 11 is 1.27. The highest BCUT2D eigenvalue weighted by molar-refractivity contribution is 7.09. The van der Waals surface area contributed by atoms with Gasteiger partial charge in [-0.2, -0.15) is 0 Å². The number of alkyl carbamates (subject to hydrolysis) is 1. The van der Waals surface area contributed by atoms with Crippen LogP contribution in [0.4, 0.5) is 4.79 Å². The third-order valence-electron chi connectivity index (χ3n) is 6.69. The number of nitrogens with zero attached hydrogens (tertiary/aromatic N) is 1. The number of amides is 3. The van der Waals surface area contributed by atoms with Gasteiger partial charge >= 0.3 is 6.09 Å². The van der Waals surface area contributed by atoms with Gasteiger partial charge < -0.3 is 26.2 Å². The smallest absolute Gasteiger partial charge is 0.407 e. The van der Waals surface area contributed by atoms with Crippen molar-refractivity contribution in [3.8, 4) is 0 Å². The van der Waals surface area contributed by atoms with Gasteiger partial charge in [-0.3, -0.25) is 9.59 Å². The number of aromatic nitrogens is 1. The fourth-order valence-corrected chi connectivity index (χ4v) is 5.61. The average Bonchev–Trinajstić information content (AvgIpc) is 3.41. The van der Waals surface area contributed by atoms with Gasteiger partial charge in [-0.15, -0.1) is 11.3 Å². The molecule has 3 amide bonds. The van der Waals surface area contributed by atoms with Crippen LogP contribution in [0, 0.1) is 11.8 Å². The van der Waals surface area contributed by atoms with Crippen LogP contribution in [0.3, 0.4) is 0 Å². The number of benzene rings is 2. The molecule has 0 unspecified atom stereocenters. The quantitative estimate of drug-likeness (QED) is 0.224. The van der Waals surface area contributed by atoms with Gasteiger partial charge in [-0.1, -0.05) is 74.5 Å². The Bertz CT molecular complexity index is 1310. The molecule has 3 rings (SSSR count). The zero-order valence-electron chi connectivity index (χ0n) is 24.9. The van der Waals surface area contributed by atoms with E-state index in [0.717, 1.165) is 11.1 Å². The molecule has 1 heterocycles. The van der Waals surface area contributed by atoms with Gasteiger partial charge in [-0.25, -0.2) is 9.78 Å². The molecule has 226 valence electrons. The Kier molecular flexibility index (Phi) is 11.6. The van der Waals surface area contributed by atoms with Crippen molar-refractivity contribution in [2.24, 2.45) is 17.6 Å². The monoisotopic (exact) mass is 594 g/mol. The first-order chi connectivity index (χ1) is 19.8. The summed E-state index contributed by atoms with van der Waals surface area (Å²) in [6.45, 7) is 9.23. The minimum absolute atomic E-state index is 0.0252. The minimum Gasteiger partial charge on any atom is -0.444 e. The van der Waals surface area contributed by atoms with Crippen LogP contribution >= 0.6 is 11.3 Å².